The summed E-state index contributed by atoms with van der Waals surface area (Å²) in [6.07, 6.45) is 1.91. The quantitative estimate of drug-likeness (QED) is 0.668. The van der Waals surface area contributed by atoms with Gasteiger partial charge in [0.15, 0.2) is 0 Å². The molecule has 0 unspecified atom stereocenters. The van der Waals surface area contributed by atoms with Crippen LogP contribution in [-0.2, 0) is 4.79 Å². The summed E-state index contributed by atoms with van der Waals surface area (Å²) in [5, 5.41) is 9.04. The standard InChI is InChI=1S/C16H20ClN3O2S/c1-3-9-20(10-4-2)14(21)11-23-16-19-18-15(22-16)12-5-7-13(17)8-6-12/h5-8H,3-4,9-11H2,1-2H3. The summed E-state index contributed by atoms with van der Waals surface area (Å²) < 4.78 is 5.59. The summed E-state index contributed by atoms with van der Waals surface area (Å²) in [5.74, 6) is 0.836. The van der Waals surface area contributed by atoms with E-state index in [1.807, 2.05) is 17.0 Å². The predicted molar refractivity (Wildman–Crippen MR) is 92.6 cm³/mol. The van der Waals surface area contributed by atoms with Crippen molar-refractivity contribution >= 4 is 29.3 Å². The Morgan fingerprint density at radius 2 is 1.83 bits per heavy atom. The first-order chi connectivity index (χ1) is 11.1. The maximum absolute atomic E-state index is 12.2. The molecule has 0 N–H and O–H groups in total. The number of carbonyl (C=O) groups excluding carboxylic acids is 1. The maximum Gasteiger partial charge on any atom is 0.277 e. The number of carbonyl (C=O) groups is 1. The molecule has 0 aliphatic carbocycles. The largest absolute Gasteiger partial charge is 0.411 e. The number of hydrogen-bond acceptors (Lipinski definition) is 5. The average molecular weight is 354 g/mol. The van der Waals surface area contributed by atoms with Gasteiger partial charge in [-0.15, -0.1) is 10.2 Å². The lowest BCUT2D eigenvalue weighted by atomic mass is 10.2. The van der Waals surface area contributed by atoms with Crippen LogP contribution in [-0.4, -0.2) is 39.8 Å². The summed E-state index contributed by atoms with van der Waals surface area (Å²) in [4.78, 5) is 14.1. The van der Waals surface area contributed by atoms with Gasteiger partial charge in [-0.25, -0.2) is 0 Å². The molecule has 5 nitrogen and oxygen atoms in total. The van der Waals surface area contributed by atoms with Crippen molar-refractivity contribution in [3.63, 3.8) is 0 Å². The van der Waals surface area contributed by atoms with Crippen LogP contribution in [0.4, 0.5) is 0 Å². The summed E-state index contributed by atoms with van der Waals surface area (Å²) in [6.45, 7) is 5.71. The fraction of sp³-hybridized carbons (Fsp3) is 0.438. The Labute approximate surface area is 145 Å². The van der Waals surface area contributed by atoms with Gasteiger partial charge in [-0.2, -0.15) is 0 Å². The monoisotopic (exact) mass is 353 g/mol. The number of thioether (sulfide) groups is 1. The van der Waals surface area contributed by atoms with E-state index >= 15 is 0 Å². The SMILES string of the molecule is CCCN(CCC)C(=O)CSc1nnc(-c2ccc(Cl)cc2)o1. The van der Waals surface area contributed by atoms with Crippen LogP contribution in [0.1, 0.15) is 26.7 Å². The predicted octanol–water partition coefficient (Wildman–Crippen LogP) is 4.13. The van der Waals surface area contributed by atoms with Crippen molar-refractivity contribution < 1.29 is 9.21 Å². The minimum absolute atomic E-state index is 0.102. The molecule has 1 amide bonds. The van der Waals surface area contributed by atoms with Gasteiger partial charge in [0, 0.05) is 23.7 Å². The first-order valence-electron chi connectivity index (χ1n) is 7.64. The van der Waals surface area contributed by atoms with Crippen LogP contribution in [0.15, 0.2) is 33.9 Å². The van der Waals surface area contributed by atoms with Crippen molar-refractivity contribution in [2.24, 2.45) is 0 Å². The smallest absolute Gasteiger partial charge is 0.277 e. The van der Waals surface area contributed by atoms with Crippen molar-refractivity contribution in [2.45, 2.75) is 31.9 Å². The highest BCUT2D eigenvalue weighted by atomic mass is 35.5. The molecule has 0 aliphatic rings. The van der Waals surface area contributed by atoms with E-state index in [9.17, 15) is 4.79 Å². The molecule has 1 aromatic heterocycles. The first-order valence-corrected chi connectivity index (χ1v) is 9.00. The molecule has 0 saturated carbocycles. The number of rotatable bonds is 8. The van der Waals surface area contributed by atoms with Crippen LogP contribution in [0.3, 0.4) is 0 Å². The highest BCUT2D eigenvalue weighted by Gasteiger charge is 2.15. The van der Waals surface area contributed by atoms with E-state index in [0.717, 1.165) is 31.5 Å². The van der Waals surface area contributed by atoms with Gasteiger partial charge >= 0.3 is 0 Å². The lowest BCUT2D eigenvalue weighted by molar-refractivity contribution is -0.128. The van der Waals surface area contributed by atoms with Crippen LogP contribution in [0.2, 0.25) is 5.02 Å². The van der Waals surface area contributed by atoms with Gasteiger partial charge in [-0.05, 0) is 37.1 Å². The van der Waals surface area contributed by atoms with Crippen molar-refractivity contribution in [1.29, 1.82) is 0 Å². The Balaban J connectivity index is 1.93. The van der Waals surface area contributed by atoms with Gasteiger partial charge in [-0.1, -0.05) is 37.2 Å². The highest BCUT2D eigenvalue weighted by Crippen LogP contribution is 2.24. The van der Waals surface area contributed by atoms with E-state index in [-0.39, 0.29) is 5.91 Å². The van der Waals surface area contributed by atoms with Gasteiger partial charge in [0.1, 0.15) is 0 Å². The molecule has 7 heteroatoms. The van der Waals surface area contributed by atoms with Crippen molar-refractivity contribution in [3.8, 4) is 11.5 Å². The summed E-state index contributed by atoms with van der Waals surface area (Å²) in [7, 11) is 0. The Morgan fingerprint density at radius 3 is 2.43 bits per heavy atom. The second kappa shape index (κ2) is 8.93. The van der Waals surface area contributed by atoms with E-state index in [1.54, 1.807) is 12.1 Å². The zero-order valence-electron chi connectivity index (χ0n) is 13.3. The number of nitrogens with zero attached hydrogens (tertiary/aromatic N) is 3. The number of halogens is 1. The summed E-state index contributed by atoms with van der Waals surface area (Å²) >= 11 is 7.13. The van der Waals surface area contributed by atoms with E-state index in [4.69, 9.17) is 16.0 Å². The van der Waals surface area contributed by atoms with Gasteiger partial charge < -0.3 is 9.32 Å². The lowest BCUT2D eigenvalue weighted by Crippen LogP contribution is -2.33. The second-order valence-corrected chi connectivity index (χ2v) is 6.41. The maximum atomic E-state index is 12.2. The van der Waals surface area contributed by atoms with Crippen LogP contribution in [0.25, 0.3) is 11.5 Å². The third-order valence-corrected chi connectivity index (χ3v) is 4.21. The van der Waals surface area contributed by atoms with Crippen LogP contribution in [0.5, 0.6) is 0 Å². The van der Waals surface area contributed by atoms with Crippen molar-refractivity contribution in [3.05, 3.63) is 29.3 Å². The molecule has 0 radical (unpaired) electrons. The Bertz CT molecular complexity index is 625. The molecule has 0 atom stereocenters. The fourth-order valence-corrected chi connectivity index (χ4v) is 2.88. The molecule has 1 aromatic carbocycles. The Hall–Kier alpha value is -1.53. The van der Waals surface area contributed by atoms with E-state index in [2.05, 4.69) is 24.0 Å². The molecular formula is C16H20ClN3O2S. The number of hydrogen-bond donors (Lipinski definition) is 0. The molecule has 2 rings (SSSR count). The highest BCUT2D eigenvalue weighted by molar-refractivity contribution is 7.99. The molecular weight excluding hydrogens is 334 g/mol. The molecule has 2 aromatic rings. The third kappa shape index (κ3) is 5.25. The average Bonchev–Trinajstić information content (AvgIpc) is 3.02. The first kappa shape index (κ1) is 17.8. The molecule has 124 valence electrons. The summed E-state index contributed by atoms with van der Waals surface area (Å²) in [5.41, 5.74) is 0.804. The van der Waals surface area contributed by atoms with E-state index in [1.165, 1.54) is 11.8 Å². The van der Waals surface area contributed by atoms with Crippen LogP contribution < -0.4 is 0 Å². The molecule has 1 heterocycles. The number of benzene rings is 1. The third-order valence-electron chi connectivity index (χ3n) is 3.16. The minimum atomic E-state index is 0.102. The van der Waals surface area contributed by atoms with Crippen LogP contribution in [0, 0.1) is 0 Å². The second-order valence-electron chi connectivity index (χ2n) is 5.05. The molecule has 0 saturated heterocycles. The number of amides is 1. The van der Waals surface area contributed by atoms with E-state index in [0.29, 0.717) is 21.9 Å². The van der Waals surface area contributed by atoms with Gasteiger partial charge in [0.25, 0.3) is 5.22 Å². The summed E-state index contributed by atoms with van der Waals surface area (Å²) in [6, 6.07) is 7.18. The van der Waals surface area contributed by atoms with Crippen LogP contribution >= 0.6 is 23.4 Å². The van der Waals surface area contributed by atoms with Crippen molar-refractivity contribution in [1.82, 2.24) is 15.1 Å². The Kier molecular flexibility index (Phi) is 6.92. The molecule has 0 fully saturated rings. The zero-order chi connectivity index (χ0) is 16.7. The zero-order valence-corrected chi connectivity index (χ0v) is 14.9. The van der Waals surface area contributed by atoms with Gasteiger partial charge in [0.2, 0.25) is 11.8 Å². The van der Waals surface area contributed by atoms with Gasteiger partial charge in [-0.3, -0.25) is 4.79 Å². The van der Waals surface area contributed by atoms with Gasteiger partial charge in [0.05, 0.1) is 5.75 Å². The normalized spacial score (nSPS) is 10.7. The van der Waals surface area contributed by atoms with E-state index < -0.39 is 0 Å². The lowest BCUT2D eigenvalue weighted by Gasteiger charge is -2.20. The Morgan fingerprint density at radius 1 is 1.17 bits per heavy atom. The van der Waals surface area contributed by atoms with Crippen molar-refractivity contribution in [2.75, 3.05) is 18.8 Å². The molecule has 0 spiro atoms. The fourth-order valence-electron chi connectivity index (χ4n) is 2.09. The molecule has 0 aliphatic heterocycles. The topological polar surface area (TPSA) is 59.2 Å². The minimum Gasteiger partial charge on any atom is -0.411 e. The number of aromatic nitrogens is 2. The molecule has 23 heavy (non-hydrogen) atoms. The molecule has 0 bridgehead atoms.